The minimum atomic E-state index is -0.439. The van der Waals surface area contributed by atoms with E-state index >= 15 is 0 Å². The van der Waals surface area contributed by atoms with Crippen LogP contribution >= 0.6 is 0 Å². The largest absolute Gasteiger partial charge is 0.290 e. The molecule has 0 heterocycles. The molecule has 1 fully saturated rings. The van der Waals surface area contributed by atoms with Crippen LogP contribution in [0.15, 0.2) is 24.3 Å². The first-order valence-electron chi connectivity index (χ1n) is 3.85. The summed E-state index contributed by atoms with van der Waals surface area (Å²) in [6, 6.07) is 7.49. The number of benzene rings is 1. The predicted molar refractivity (Wildman–Crippen MR) is 43.9 cm³/mol. The SMILES string of the molecule is Cc1ccccc1C1C(=O)C1=O. The fourth-order valence-corrected chi connectivity index (χ4v) is 1.38. The molecular formula is C10H8O2. The van der Waals surface area contributed by atoms with Crippen molar-refractivity contribution in [3.63, 3.8) is 0 Å². The molecular weight excluding hydrogens is 152 g/mol. The Morgan fingerprint density at radius 2 is 1.67 bits per heavy atom. The van der Waals surface area contributed by atoms with Gasteiger partial charge in [-0.25, -0.2) is 0 Å². The van der Waals surface area contributed by atoms with Crippen LogP contribution in [0.5, 0.6) is 0 Å². The summed E-state index contributed by atoms with van der Waals surface area (Å²) in [7, 11) is 0. The van der Waals surface area contributed by atoms with Gasteiger partial charge in [-0.2, -0.15) is 0 Å². The number of hydrogen-bond donors (Lipinski definition) is 0. The van der Waals surface area contributed by atoms with Crippen molar-refractivity contribution in [3.05, 3.63) is 35.4 Å². The summed E-state index contributed by atoms with van der Waals surface area (Å²) in [5.41, 5.74) is 1.88. The van der Waals surface area contributed by atoms with Gasteiger partial charge in [0, 0.05) is 0 Å². The second kappa shape index (κ2) is 2.27. The first-order chi connectivity index (χ1) is 5.72. The van der Waals surface area contributed by atoms with Gasteiger partial charge in [0.15, 0.2) is 0 Å². The highest BCUT2D eigenvalue weighted by Crippen LogP contribution is 2.33. The van der Waals surface area contributed by atoms with Gasteiger partial charge in [0.05, 0.1) is 0 Å². The lowest BCUT2D eigenvalue weighted by molar-refractivity contribution is -0.122. The topological polar surface area (TPSA) is 34.1 Å². The third-order valence-electron chi connectivity index (χ3n) is 2.18. The summed E-state index contributed by atoms with van der Waals surface area (Å²) in [4.78, 5) is 21.6. The van der Waals surface area contributed by atoms with Crippen LogP contribution in [0.25, 0.3) is 0 Å². The van der Waals surface area contributed by atoms with E-state index in [1.807, 2.05) is 31.2 Å². The molecule has 0 aromatic heterocycles. The summed E-state index contributed by atoms with van der Waals surface area (Å²) >= 11 is 0. The minimum Gasteiger partial charge on any atom is -0.290 e. The molecule has 2 rings (SSSR count). The molecule has 1 aliphatic rings. The Balaban J connectivity index is 2.42. The van der Waals surface area contributed by atoms with E-state index in [-0.39, 0.29) is 11.6 Å². The number of aryl methyl sites for hydroxylation is 1. The normalized spacial score (nSPS) is 16.8. The maximum Gasteiger partial charge on any atom is 0.214 e. The van der Waals surface area contributed by atoms with Gasteiger partial charge in [0.25, 0.3) is 0 Å². The predicted octanol–water partition coefficient (Wildman–Crippen LogP) is 1.23. The minimum absolute atomic E-state index is 0.246. The highest BCUT2D eigenvalue weighted by Gasteiger charge is 2.49. The van der Waals surface area contributed by atoms with E-state index in [1.165, 1.54) is 0 Å². The van der Waals surface area contributed by atoms with E-state index in [4.69, 9.17) is 0 Å². The Morgan fingerprint density at radius 3 is 2.17 bits per heavy atom. The fraction of sp³-hybridized carbons (Fsp3) is 0.200. The van der Waals surface area contributed by atoms with Crippen molar-refractivity contribution in [2.45, 2.75) is 12.8 Å². The molecule has 12 heavy (non-hydrogen) atoms. The standard InChI is InChI=1S/C10H8O2/c1-6-4-2-3-5-7(6)8-9(11)10(8)12/h2-5,8H,1H3. The second-order valence-corrected chi connectivity index (χ2v) is 3.02. The number of hydrogen-bond acceptors (Lipinski definition) is 2. The van der Waals surface area contributed by atoms with Crippen LogP contribution in [0.3, 0.4) is 0 Å². The number of carbonyl (C=O) groups excluding carboxylic acids is 2. The van der Waals surface area contributed by atoms with Gasteiger partial charge in [0.2, 0.25) is 11.6 Å². The van der Waals surface area contributed by atoms with Crippen LogP contribution in [0.1, 0.15) is 17.0 Å². The van der Waals surface area contributed by atoms with Crippen molar-refractivity contribution in [1.82, 2.24) is 0 Å². The van der Waals surface area contributed by atoms with Gasteiger partial charge < -0.3 is 0 Å². The molecule has 1 aliphatic carbocycles. The third-order valence-corrected chi connectivity index (χ3v) is 2.18. The lowest BCUT2D eigenvalue weighted by Gasteiger charge is -1.98. The van der Waals surface area contributed by atoms with E-state index in [1.54, 1.807) is 0 Å². The quantitative estimate of drug-likeness (QED) is 0.457. The molecule has 0 radical (unpaired) electrons. The van der Waals surface area contributed by atoms with Gasteiger partial charge in [0.1, 0.15) is 5.92 Å². The van der Waals surface area contributed by atoms with E-state index < -0.39 is 5.92 Å². The van der Waals surface area contributed by atoms with Gasteiger partial charge in [-0.15, -0.1) is 0 Å². The number of rotatable bonds is 1. The summed E-state index contributed by atoms with van der Waals surface area (Å²) in [5.74, 6) is -0.931. The highest BCUT2D eigenvalue weighted by atomic mass is 16.2. The first kappa shape index (κ1) is 7.22. The zero-order chi connectivity index (χ0) is 8.72. The van der Waals surface area contributed by atoms with Crippen molar-refractivity contribution >= 4 is 11.6 Å². The number of ketones is 2. The van der Waals surface area contributed by atoms with E-state index in [0.29, 0.717) is 0 Å². The lowest BCUT2D eigenvalue weighted by atomic mass is 10.1. The van der Waals surface area contributed by atoms with Gasteiger partial charge in [-0.05, 0) is 18.1 Å². The Bertz CT molecular complexity index is 352. The molecule has 0 spiro atoms. The fourth-order valence-electron chi connectivity index (χ4n) is 1.38. The Hall–Kier alpha value is -1.44. The Kier molecular flexibility index (Phi) is 1.37. The molecule has 0 saturated heterocycles. The molecule has 0 N–H and O–H groups in total. The molecule has 0 atom stereocenters. The van der Waals surface area contributed by atoms with Crippen molar-refractivity contribution in [1.29, 1.82) is 0 Å². The van der Waals surface area contributed by atoms with Gasteiger partial charge >= 0.3 is 0 Å². The third kappa shape index (κ3) is 0.881. The van der Waals surface area contributed by atoms with Crippen molar-refractivity contribution in [2.24, 2.45) is 0 Å². The second-order valence-electron chi connectivity index (χ2n) is 3.02. The molecule has 0 unspecified atom stereocenters. The maximum atomic E-state index is 10.8. The Labute approximate surface area is 70.2 Å². The molecule has 0 amide bonds. The van der Waals surface area contributed by atoms with Crippen LogP contribution < -0.4 is 0 Å². The van der Waals surface area contributed by atoms with Crippen LogP contribution in [0.4, 0.5) is 0 Å². The summed E-state index contributed by atoms with van der Waals surface area (Å²) in [6.45, 7) is 1.91. The molecule has 2 heteroatoms. The average Bonchev–Trinajstić information content (AvgIpc) is 2.62. The average molecular weight is 160 g/mol. The van der Waals surface area contributed by atoms with Crippen LogP contribution in [0, 0.1) is 6.92 Å². The van der Waals surface area contributed by atoms with E-state index in [0.717, 1.165) is 11.1 Å². The summed E-state index contributed by atoms with van der Waals surface area (Å²) in [5, 5.41) is 0. The summed E-state index contributed by atoms with van der Waals surface area (Å²) < 4.78 is 0. The molecule has 2 nitrogen and oxygen atoms in total. The molecule has 1 aromatic rings. The monoisotopic (exact) mass is 160 g/mol. The Morgan fingerprint density at radius 1 is 1.08 bits per heavy atom. The molecule has 0 aliphatic heterocycles. The molecule has 0 bridgehead atoms. The lowest BCUT2D eigenvalue weighted by Crippen LogP contribution is -1.86. The van der Waals surface area contributed by atoms with Crippen LogP contribution in [-0.2, 0) is 9.59 Å². The number of Topliss-reactive ketones (excluding diaryl/α,β-unsaturated/α-hetero) is 2. The highest BCUT2D eigenvalue weighted by molar-refractivity contribution is 6.63. The number of carbonyl (C=O) groups is 2. The zero-order valence-corrected chi connectivity index (χ0v) is 6.70. The van der Waals surface area contributed by atoms with Gasteiger partial charge in [-0.1, -0.05) is 24.3 Å². The smallest absolute Gasteiger partial charge is 0.214 e. The van der Waals surface area contributed by atoms with Crippen molar-refractivity contribution < 1.29 is 9.59 Å². The molecule has 1 saturated carbocycles. The van der Waals surface area contributed by atoms with Crippen LogP contribution in [0.2, 0.25) is 0 Å². The van der Waals surface area contributed by atoms with E-state index in [2.05, 4.69) is 0 Å². The zero-order valence-electron chi connectivity index (χ0n) is 6.70. The van der Waals surface area contributed by atoms with Crippen LogP contribution in [-0.4, -0.2) is 11.6 Å². The maximum absolute atomic E-state index is 10.8. The van der Waals surface area contributed by atoms with E-state index in [9.17, 15) is 9.59 Å². The molecule has 60 valence electrons. The van der Waals surface area contributed by atoms with Gasteiger partial charge in [-0.3, -0.25) is 9.59 Å². The van der Waals surface area contributed by atoms with Crippen molar-refractivity contribution in [2.75, 3.05) is 0 Å². The molecule has 1 aromatic carbocycles. The summed E-state index contributed by atoms with van der Waals surface area (Å²) in [6.07, 6.45) is 0. The first-order valence-corrected chi connectivity index (χ1v) is 3.85. The van der Waals surface area contributed by atoms with Crippen molar-refractivity contribution in [3.8, 4) is 0 Å².